The lowest BCUT2D eigenvalue weighted by molar-refractivity contribution is -0.121. The number of phenols is 2. The van der Waals surface area contributed by atoms with Gasteiger partial charge < -0.3 is 10.2 Å². The van der Waals surface area contributed by atoms with Gasteiger partial charge in [-0.25, -0.2) is 5.43 Å². The summed E-state index contributed by atoms with van der Waals surface area (Å²) in [5.74, 6) is -0.468. The third-order valence-corrected chi connectivity index (χ3v) is 5.72. The normalized spacial score (nSPS) is 11.6. The zero-order valence-electron chi connectivity index (χ0n) is 15.0. The van der Waals surface area contributed by atoms with Crippen LogP contribution in [-0.4, -0.2) is 21.8 Å². The number of rotatable bonds is 5. The fourth-order valence-corrected chi connectivity index (χ4v) is 3.91. The summed E-state index contributed by atoms with van der Waals surface area (Å²) in [6.07, 6.45) is 0.900. The molecule has 3 rings (SSSR count). The molecule has 0 spiro atoms. The Bertz CT molecular complexity index is 1080. The Morgan fingerprint density at radius 1 is 1.04 bits per heavy atom. The second-order valence-corrected chi connectivity index (χ2v) is 7.98. The first-order chi connectivity index (χ1) is 13.4. The quantitative estimate of drug-likeness (QED) is 0.327. The van der Waals surface area contributed by atoms with Crippen molar-refractivity contribution in [3.8, 4) is 11.5 Å². The van der Waals surface area contributed by atoms with Crippen molar-refractivity contribution >= 4 is 54.3 Å². The molecule has 28 heavy (non-hydrogen) atoms. The number of carbonyl (C=O) groups excluding carboxylic acids is 1. The van der Waals surface area contributed by atoms with Crippen molar-refractivity contribution in [2.75, 3.05) is 0 Å². The maximum Gasteiger partial charge on any atom is 0.240 e. The van der Waals surface area contributed by atoms with E-state index in [1.54, 1.807) is 6.92 Å². The molecule has 0 fully saturated rings. The van der Waals surface area contributed by atoms with Gasteiger partial charge in [0.05, 0.1) is 10.2 Å². The minimum atomic E-state index is -0.219. The number of carbonyl (C=O) groups is 1. The van der Waals surface area contributed by atoms with Gasteiger partial charge in [-0.15, -0.1) is 0 Å². The first-order valence-electron chi connectivity index (χ1n) is 8.58. The zero-order chi connectivity index (χ0) is 20.3. The maximum absolute atomic E-state index is 12.1. The summed E-state index contributed by atoms with van der Waals surface area (Å²) in [6, 6.07) is 15.8. The first kappa shape index (κ1) is 20.4. The van der Waals surface area contributed by atoms with Crippen LogP contribution in [-0.2, 0) is 11.2 Å². The fraction of sp³-hybridized carbons (Fsp3) is 0.143. The molecular weight excluding hydrogens is 488 g/mol. The lowest BCUT2D eigenvalue weighted by Gasteiger charge is -2.10. The number of aryl methyl sites for hydroxylation is 1. The highest BCUT2D eigenvalue weighted by molar-refractivity contribution is 9.11. The summed E-state index contributed by atoms with van der Waals surface area (Å²) in [5, 5.41) is 26.3. The Kier molecular flexibility index (Phi) is 6.36. The Morgan fingerprint density at radius 3 is 2.50 bits per heavy atom. The molecule has 0 aromatic heterocycles. The van der Waals surface area contributed by atoms with Crippen LogP contribution in [0.5, 0.6) is 11.5 Å². The van der Waals surface area contributed by atoms with Gasteiger partial charge >= 0.3 is 0 Å². The molecule has 0 saturated carbocycles. The lowest BCUT2D eigenvalue weighted by atomic mass is 10.0. The molecular formula is C21H18Br2N2O3. The number of nitrogens with one attached hydrogen (secondary N) is 1. The molecule has 5 nitrogen and oxygen atoms in total. The molecule has 3 aromatic carbocycles. The lowest BCUT2D eigenvalue weighted by Crippen LogP contribution is -2.19. The van der Waals surface area contributed by atoms with Crippen LogP contribution in [0, 0.1) is 0 Å². The summed E-state index contributed by atoms with van der Waals surface area (Å²) in [6.45, 7) is 1.66. The third kappa shape index (κ3) is 4.54. The average Bonchev–Trinajstić information content (AvgIpc) is 2.71. The molecule has 0 atom stereocenters. The molecule has 144 valence electrons. The Balaban J connectivity index is 1.64. The fourth-order valence-electron chi connectivity index (χ4n) is 2.79. The van der Waals surface area contributed by atoms with Crippen LogP contribution in [0.4, 0.5) is 0 Å². The van der Waals surface area contributed by atoms with E-state index in [4.69, 9.17) is 0 Å². The summed E-state index contributed by atoms with van der Waals surface area (Å²) in [5.41, 5.74) is 4.41. The molecule has 3 N–H and O–H groups in total. The van der Waals surface area contributed by atoms with Crippen LogP contribution in [0.15, 0.2) is 62.6 Å². The van der Waals surface area contributed by atoms with Crippen LogP contribution in [0.25, 0.3) is 10.8 Å². The van der Waals surface area contributed by atoms with Gasteiger partial charge in [-0.05, 0) is 67.6 Å². The highest BCUT2D eigenvalue weighted by Crippen LogP contribution is 2.41. The second-order valence-electron chi connectivity index (χ2n) is 6.33. The number of halogens is 2. The van der Waals surface area contributed by atoms with Crippen molar-refractivity contribution in [2.24, 2.45) is 5.10 Å². The van der Waals surface area contributed by atoms with Gasteiger partial charge in [-0.1, -0.05) is 42.5 Å². The van der Waals surface area contributed by atoms with E-state index in [-0.39, 0.29) is 21.9 Å². The molecule has 0 aliphatic rings. The Hall–Kier alpha value is -2.38. The number of hydrogen-bond acceptors (Lipinski definition) is 4. The molecule has 0 bridgehead atoms. The number of aromatic hydroxyl groups is 2. The summed E-state index contributed by atoms with van der Waals surface area (Å²) in [4.78, 5) is 12.1. The number of benzene rings is 3. The molecule has 0 saturated heterocycles. The van der Waals surface area contributed by atoms with Crippen LogP contribution in [0.1, 0.15) is 24.5 Å². The molecule has 1 amide bonds. The van der Waals surface area contributed by atoms with Crippen LogP contribution in [0.3, 0.4) is 0 Å². The Labute approximate surface area is 179 Å². The molecule has 0 aliphatic carbocycles. The minimum absolute atomic E-state index is 0.103. The van der Waals surface area contributed by atoms with E-state index >= 15 is 0 Å². The van der Waals surface area contributed by atoms with Crippen molar-refractivity contribution in [3.05, 3.63) is 68.6 Å². The SMILES string of the molecule is C/C(=N\NC(=O)CCc1ccc2ccccc2c1)c1cc(Br)c(O)c(Br)c1O. The topological polar surface area (TPSA) is 81.9 Å². The largest absolute Gasteiger partial charge is 0.506 e. The minimum Gasteiger partial charge on any atom is -0.506 e. The van der Waals surface area contributed by atoms with E-state index in [0.717, 1.165) is 10.9 Å². The number of phenolic OH excluding ortho intramolecular Hbond substituents is 2. The standard InChI is InChI=1S/C21H18Br2N2O3/c1-12(16-11-17(22)21(28)19(23)20(16)27)24-25-18(26)9-7-13-6-8-14-4-2-3-5-15(14)10-13/h2-6,8,10-11,27-28H,7,9H2,1H3,(H,25,26)/b24-12+. The van der Waals surface area contributed by atoms with Gasteiger partial charge in [0, 0.05) is 12.0 Å². The summed E-state index contributed by atoms with van der Waals surface area (Å²) < 4.78 is 0.568. The number of amides is 1. The van der Waals surface area contributed by atoms with E-state index in [0.29, 0.717) is 28.6 Å². The Morgan fingerprint density at radius 2 is 1.75 bits per heavy atom. The molecule has 0 unspecified atom stereocenters. The molecule has 0 radical (unpaired) electrons. The number of nitrogens with zero attached hydrogens (tertiary/aromatic N) is 1. The highest BCUT2D eigenvalue weighted by Gasteiger charge is 2.16. The van der Waals surface area contributed by atoms with Crippen LogP contribution in [0.2, 0.25) is 0 Å². The van der Waals surface area contributed by atoms with Gasteiger partial charge in [0.15, 0.2) is 0 Å². The monoisotopic (exact) mass is 504 g/mol. The number of fused-ring (bicyclic) bond motifs is 1. The van der Waals surface area contributed by atoms with Crippen molar-refractivity contribution < 1.29 is 15.0 Å². The van der Waals surface area contributed by atoms with E-state index in [1.807, 2.05) is 30.3 Å². The van der Waals surface area contributed by atoms with Gasteiger partial charge in [-0.3, -0.25) is 4.79 Å². The smallest absolute Gasteiger partial charge is 0.240 e. The van der Waals surface area contributed by atoms with Gasteiger partial charge in [-0.2, -0.15) is 5.10 Å². The molecule has 0 heterocycles. The highest BCUT2D eigenvalue weighted by atomic mass is 79.9. The van der Waals surface area contributed by atoms with E-state index < -0.39 is 0 Å². The molecule has 3 aromatic rings. The van der Waals surface area contributed by atoms with Gasteiger partial charge in [0.1, 0.15) is 16.0 Å². The van der Waals surface area contributed by atoms with Crippen molar-refractivity contribution in [3.63, 3.8) is 0 Å². The summed E-state index contributed by atoms with van der Waals surface area (Å²) in [7, 11) is 0. The van der Waals surface area contributed by atoms with Gasteiger partial charge in [0.25, 0.3) is 0 Å². The second kappa shape index (κ2) is 8.75. The van der Waals surface area contributed by atoms with Crippen LogP contribution < -0.4 is 5.43 Å². The van der Waals surface area contributed by atoms with Crippen molar-refractivity contribution in [1.82, 2.24) is 5.43 Å². The van der Waals surface area contributed by atoms with Crippen molar-refractivity contribution in [1.29, 1.82) is 0 Å². The predicted octanol–water partition coefficient (Wildman–Crippen LogP) is 5.25. The number of hydrogen-bond donors (Lipinski definition) is 3. The molecule has 7 heteroatoms. The predicted molar refractivity (Wildman–Crippen MR) is 118 cm³/mol. The van der Waals surface area contributed by atoms with Crippen molar-refractivity contribution in [2.45, 2.75) is 19.8 Å². The average molecular weight is 506 g/mol. The first-order valence-corrected chi connectivity index (χ1v) is 10.2. The van der Waals surface area contributed by atoms with E-state index in [2.05, 4.69) is 54.5 Å². The molecule has 0 aliphatic heterocycles. The third-order valence-electron chi connectivity index (χ3n) is 4.36. The van der Waals surface area contributed by atoms with Gasteiger partial charge in [0.2, 0.25) is 5.91 Å². The van der Waals surface area contributed by atoms with E-state index in [9.17, 15) is 15.0 Å². The van der Waals surface area contributed by atoms with Crippen LogP contribution >= 0.6 is 31.9 Å². The maximum atomic E-state index is 12.1. The van der Waals surface area contributed by atoms with E-state index in [1.165, 1.54) is 11.5 Å². The summed E-state index contributed by atoms with van der Waals surface area (Å²) >= 11 is 6.34. The zero-order valence-corrected chi connectivity index (χ0v) is 18.2. The number of hydrazone groups is 1.